The molecule has 0 aliphatic heterocycles. The van der Waals surface area contributed by atoms with Crippen molar-refractivity contribution in [2.45, 2.75) is 19.4 Å². The summed E-state index contributed by atoms with van der Waals surface area (Å²) in [7, 11) is 0. The number of rotatable bonds is 8. The summed E-state index contributed by atoms with van der Waals surface area (Å²) in [6, 6.07) is 14.4. The Bertz CT molecular complexity index is 1200. The number of nitrogens with zero attached hydrogens (tertiary/aromatic N) is 4. The van der Waals surface area contributed by atoms with Gasteiger partial charge >= 0.3 is 5.97 Å². The number of carbonyl (C=O) groups excluding carboxylic acids is 1. The Labute approximate surface area is 182 Å². The molecule has 0 radical (unpaired) electrons. The maximum Gasteiger partial charge on any atom is 0.335 e. The number of amides is 1. The number of hydrogen-bond acceptors (Lipinski definition) is 6. The highest BCUT2D eigenvalue weighted by Gasteiger charge is 2.13. The van der Waals surface area contributed by atoms with E-state index in [9.17, 15) is 14.7 Å². The van der Waals surface area contributed by atoms with Crippen molar-refractivity contribution >= 4 is 23.2 Å². The lowest BCUT2D eigenvalue weighted by Gasteiger charge is -2.11. The van der Waals surface area contributed by atoms with E-state index in [2.05, 4.69) is 20.6 Å². The van der Waals surface area contributed by atoms with Gasteiger partial charge in [-0.05, 0) is 29.7 Å². The van der Waals surface area contributed by atoms with E-state index in [1.54, 1.807) is 40.7 Å². The molecule has 2 N–H and O–H groups in total. The first kappa shape index (κ1) is 20.4. The van der Waals surface area contributed by atoms with Crippen LogP contribution < -0.4 is 5.32 Å². The molecule has 4 rings (SSSR count). The lowest BCUT2D eigenvalue weighted by molar-refractivity contribution is -0.121. The maximum absolute atomic E-state index is 12.4. The number of hydrogen-bond donors (Lipinski definition) is 2. The molecule has 0 spiro atoms. The Balaban J connectivity index is 1.41. The largest absolute Gasteiger partial charge is 0.478 e. The normalized spacial score (nSPS) is 10.7. The molecule has 0 saturated heterocycles. The molecule has 0 fully saturated rings. The molecule has 0 saturated carbocycles. The fourth-order valence-electron chi connectivity index (χ4n) is 3.20. The van der Waals surface area contributed by atoms with E-state index < -0.39 is 5.97 Å². The monoisotopic (exact) mass is 433 g/mol. The molecular formula is C22H19N5O3S. The molecule has 2 aromatic carbocycles. The van der Waals surface area contributed by atoms with Crippen LogP contribution in [0.2, 0.25) is 0 Å². The van der Waals surface area contributed by atoms with Crippen molar-refractivity contribution in [3.8, 4) is 16.3 Å². The minimum absolute atomic E-state index is 0.154. The molecule has 2 aromatic heterocycles. The Morgan fingerprint density at radius 2 is 1.84 bits per heavy atom. The molecule has 31 heavy (non-hydrogen) atoms. The third-order valence-corrected chi connectivity index (χ3v) is 5.56. The average Bonchev–Trinajstić information content (AvgIpc) is 3.48. The van der Waals surface area contributed by atoms with Crippen LogP contribution in [0.15, 0.2) is 66.4 Å². The number of nitrogens with one attached hydrogen (secondary N) is 1. The van der Waals surface area contributed by atoms with Gasteiger partial charge in [-0.1, -0.05) is 41.6 Å². The molecule has 0 aliphatic carbocycles. The van der Waals surface area contributed by atoms with Crippen LogP contribution in [0.1, 0.15) is 27.9 Å². The van der Waals surface area contributed by atoms with Crippen molar-refractivity contribution in [3.05, 3.63) is 83.1 Å². The number of para-hydroxylation sites is 1. The van der Waals surface area contributed by atoms with E-state index in [1.165, 1.54) is 11.3 Å². The predicted molar refractivity (Wildman–Crippen MR) is 116 cm³/mol. The first-order valence-corrected chi connectivity index (χ1v) is 10.5. The number of carboxylic acid groups (broad SMARTS) is 1. The van der Waals surface area contributed by atoms with Crippen LogP contribution in [0.5, 0.6) is 0 Å². The maximum atomic E-state index is 12.4. The first-order valence-electron chi connectivity index (χ1n) is 9.59. The summed E-state index contributed by atoms with van der Waals surface area (Å²) >= 11 is 1.49. The van der Waals surface area contributed by atoms with Crippen molar-refractivity contribution in [3.63, 3.8) is 0 Å². The van der Waals surface area contributed by atoms with Gasteiger partial charge in [0.2, 0.25) is 5.91 Å². The summed E-state index contributed by atoms with van der Waals surface area (Å²) in [5.41, 5.74) is 5.06. The van der Waals surface area contributed by atoms with Gasteiger partial charge < -0.3 is 10.4 Å². The third-order valence-electron chi connectivity index (χ3n) is 4.76. The lowest BCUT2D eigenvalue weighted by atomic mass is 10.0. The van der Waals surface area contributed by atoms with Crippen molar-refractivity contribution < 1.29 is 14.7 Å². The molecule has 0 bridgehead atoms. The number of aromatic nitrogens is 4. The third kappa shape index (κ3) is 4.84. The molecule has 9 heteroatoms. The summed E-state index contributed by atoms with van der Waals surface area (Å²) < 4.78 is 1.68. The highest BCUT2D eigenvalue weighted by molar-refractivity contribution is 7.13. The van der Waals surface area contributed by atoms with Gasteiger partial charge in [0, 0.05) is 19.2 Å². The first-order chi connectivity index (χ1) is 15.1. The van der Waals surface area contributed by atoms with Crippen molar-refractivity contribution in [2.75, 3.05) is 0 Å². The minimum Gasteiger partial charge on any atom is -0.478 e. The zero-order valence-corrected chi connectivity index (χ0v) is 17.2. The van der Waals surface area contributed by atoms with Gasteiger partial charge in [-0.3, -0.25) is 9.78 Å². The van der Waals surface area contributed by atoms with Gasteiger partial charge in [0.25, 0.3) is 0 Å². The van der Waals surface area contributed by atoms with Crippen LogP contribution in [0.4, 0.5) is 0 Å². The smallest absolute Gasteiger partial charge is 0.335 e. The molecule has 0 unspecified atom stereocenters. The van der Waals surface area contributed by atoms with Crippen LogP contribution in [-0.2, 0) is 17.8 Å². The zero-order valence-electron chi connectivity index (χ0n) is 16.4. The van der Waals surface area contributed by atoms with Crippen LogP contribution >= 0.6 is 11.3 Å². The van der Waals surface area contributed by atoms with Gasteiger partial charge in [-0.25, -0.2) is 9.48 Å². The quantitative estimate of drug-likeness (QED) is 0.441. The number of carboxylic acids is 1. The van der Waals surface area contributed by atoms with E-state index in [1.807, 2.05) is 30.5 Å². The van der Waals surface area contributed by atoms with E-state index in [0.29, 0.717) is 18.5 Å². The summed E-state index contributed by atoms with van der Waals surface area (Å²) in [5, 5.41) is 20.6. The van der Waals surface area contributed by atoms with Crippen LogP contribution in [0.3, 0.4) is 0 Å². The van der Waals surface area contributed by atoms with E-state index in [0.717, 1.165) is 21.8 Å². The Kier molecular flexibility index (Phi) is 6.13. The van der Waals surface area contributed by atoms with E-state index >= 15 is 0 Å². The second-order valence-corrected chi connectivity index (χ2v) is 7.67. The van der Waals surface area contributed by atoms with Crippen LogP contribution in [0.25, 0.3) is 16.3 Å². The van der Waals surface area contributed by atoms with Crippen molar-refractivity contribution in [2.24, 2.45) is 0 Å². The number of aryl methyl sites for hydroxylation is 1. The Hall–Kier alpha value is -3.85. The van der Waals surface area contributed by atoms with Gasteiger partial charge in [0.05, 0.1) is 27.8 Å². The molecule has 4 aromatic rings. The zero-order chi connectivity index (χ0) is 21.6. The fraction of sp³-hybridized carbons (Fsp3) is 0.136. The summed E-state index contributed by atoms with van der Waals surface area (Å²) in [5.74, 6) is -1.14. The summed E-state index contributed by atoms with van der Waals surface area (Å²) in [6.07, 6.45) is 4.13. The molecular weight excluding hydrogens is 414 g/mol. The van der Waals surface area contributed by atoms with Gasteiger partial charge in [0.15, 0.2) is 0 Å². The minimum atomic E-state index is -0.990. The van der Waals surface area contributed by atoms with Gasteiger partial charge in [-0.15, -0.1) is 16.4 Å². The van der Waals surface area contributed by atoms with E-state index in [-0.39, 0.29) is 17.9 Å². The van der Waals surface area contributed by atoms with Gasteiger partial charge in [0.1, 0.15) is 5.69 Å². The van der Waals surface area contributed by atoms with Crippen molar-refractivity contribution in [1.29, 1.82) is 0 Å². The predicted octanol–water partition coefficient (Wildman–Crippen LogP) is 3.34. The fourth-order valence-corrected chi connectivity index (χ4v) is 3.77. The molecule has 8 nitrogen and oxygen atoms in total. The Morgan fingerprint density at radius 3 is 2.61 bits per heavy atom. The summed E-state index contributed by atoms with van der Waals surface area (Å²) in [6.45, 7) is 0.325. The second kappa shape index (κ2) is 9.31. The molecule has 0 atom stereocenters. The second-order valence-electron chi connectivity index (χ2n) is 6.78. The summed E-state index contributed by atoms with van der Waals surface area (Å²) in [4.78, 5) is 28.7. The molecule has 0 aliphatic rings. The van der Waals surface area contributed by atoms with E-state index in [4.69, 9.17) is 0 Å². The Morgan fingerprint density at radius 1 is 1.06 bits per heavy atom. The number of carbonyl (C=O) groups is 2. The SMILES string of the molecule is O=C(CCc1ccccc1C(=O)O)NCc1ccccc1-n1cc(-c2cncs2)nn1. The number of benzene rings is 2. The topological polar surface area (TPSA) is 110 Å². The highest BCUT2D eigenvalue weighted by Crippen LogP contribution is 2.22. The van der Waals surface area contributed by atoms with Crippen LogP contribution in [0, 0.1) is 0 Å². The van der Waals surface area contributed by atoms with Crippen LogP contribution in [-0.4, -0.2) is 37.0 Å². The molecule has 2 heterocycles. The number of aromatic carboxylic acids is 1. The average molecular weight is 433 g/mol. The molecule has 156 valence electrons. The number of thiazole rings is 1. The van der Waals surface area contributed by atoms with Crippen molar-refractivity contribution in [1.82, 2.24) is 25.3 Å². The standard InChI is InChI=1S/C22H19N5O3S/c28-21(10-9-15-5-1-3-7-17(15)22(29)30)24-11-16-6-2-4-8-19(16)27-13-18(25-26-27)20-12-23-14-31-20/h1-8,12-14H,9-11H2,(H,24,28)(H,29,30). The molecule has 1 amide bonds. The highest BCUT2D eigenvalue weighted by atomic mass is 32.1. The lowest BCUT2D eigenvalue weighted by Crippen LogP contribution is -2.24. The van der Waals surface area contributed by atoms with Gasteiger partial charge in [-0.2, -0.15) is 0 Å².